The van der Waals surface area contributed by atoms with Gasteiger partial charge in [-0.2, -0.15) is 0 Å². The summed E-state index contributed by atoms with van der Waals surface area (Å²) in [5.74, 6) is 0. The summed E-state index contributed by atoms with van der Waals surface area (Å²) >= 11 is 0. The first-order valence-corrected chi connectivity index (χ1v) is 45.8. The molecule has 0 saturated heterocycles. The fraction of sp³-hybridized carbons (Fsp3) is 0.125. The minimum atomic E-state index is -0.271. The molecule has 0 aliphatic carbocycles. The van der Waals surface area contributed by atoms with Crippen molar-refractivity contribution in [1.82, 2.24) is 18.3 Å². The quantitative estimate of drug-likeness (QED) is 0.122. The number of aromatic nitrogens is 4. The van der Waals surface area contributed by atoms with E-state index in [1.807, 2.05) is 267 Å². The molecule has 20 aromatic rings. The van der Waals surface area contributed by atoms with Gasteiger partial charge in [0.25, 0.3) is 22.2 Å². The Morgan fingerprint density at radius 3 is 0.382 bits per heavy atom. The van der Waals surface area contributed by atoms with Crippen molar-refractivity contribution in [3.63, 3.8) is 0 Å². The maximum Gasteiger partial charge on any atom is 0.258 e. The molecule has 0 unspecified atom stereocenters. The Bertz CT molecular complexity index is 7670. The van der Waals surface area contributed by atoms with E-state index in [9.17, 15) is 0 Å². The molecule has 0 aliphatic rings. The molecule has 0 amide bonds. The molecule has 0 fully saturated rings. The maximum atomic E-state index is 15.6. The summed E-state index contributed by atoms with van der Waals surface area (Å²) in [7, 11) is 0. The molecule has 0 saturated carbocycles. The maximum absolute atomic E-state index is 15.6. The van der Waals surface area contributed by atoms with Crippen molar-refractivity contribution < 1.29 is 0 Å². The predicted octanol–water partition coefficient (Wildman–Crippen LogP) is 28.1. The van der Waals surface area contributed by atoms with E-state index < -0.39 is 0 Å². The lowest BCUT2D eigenvalue weighted by molar-refractivity contribution is 0.634. The van der Waals surface area contributed by atoms with Crippen molar-refractivity contribution in [1.29, 1.82) is 0 Å². The summed E-state index contributed by atoms with van der Waals surface area (Å²) in [6.45, 7) is 9.83. The van der Waals surface area contributed by atoms with Crippen molar-refractivity contribution in [3.05, 3.63) is 502 Å². The normalized spacial score (nSPS) is 10.3. The van der Waals surface area contributed by atoms with Crippen molar-refractivity contribution in [2.75, 3.05) is 0 Å². The molecule has 644 valence electrons. The Morgan fingerprint density at radius 2 is 0.265 bits per heavy atom. The molecular weight excluding hydrogens is 1660 g/mol. The minimum absolute atomic E-state index is 0.271. The molecule has 20 rings (SSSR count). The molecule has 32 bridgehead atoms. The number of hydrogen-bond acceptors (Lipinski definition) is 4. The van der Waals surface area contributed by atoms with Crippen LogP contribution in [-0.4, -0.2) is 18.3 Å². The van der Waals surface area contributed by atoms with E-state index in [0.717, 1.165) is 90.3 Å². The molecule has 0 aliphatic heterocycles. The second-order valence-electron chi connectivity index (χ2n) is 33.1. The fourth-order valence-corrected chi connectivity index (χ4v) is 15.6. The lowest BCUT2D eigenvalue weighted by Gasteiger charge is -2.07. The van der Waals surface area contributed by atoms with Gasteiger partial charge in [0.05, 0.1) is 0 Å². The van der Waals surface area contributed by atoms with Gasteiger partial charge in [-0.3, -0.25) is 19.2 Å². The third-order valence-corrected chi connectivity index (χ3v) is 22.7. The first-order chi connectivity index (χ1) is 66.7. The van der Waals surface area contributed by atoms with E-state index >= 15 is 19.2 Å². The third kappa shape index (κ3) is 23.6. The molecule has 0 atom stereocenters. The molecule has 0 spiro atoms. The van der Waals surface area contributed by atoms with Gasteiger partial charge < -0.3 is 18.3 Å². The minimum Gasteiger partial charge on any atom is -0.308 e. The zero-order chi connectivity index (χ0) is 93.3. The van der Waals surface area contributed by atoms with Gasteiger partial charge in [-0.1, -0.05) is 248 Å². The highest BCUT2D eigenvalue weighted by Gasteiger charge is 2.09. The number of unbranched alkanes of at least 4 members (excludes halogenated alkanes) is 4. The van der Waals surface area contributed by atoms with Crippen LogP contribution >= 0.6 is 0 Å². The molecule has 136 heavy (non-hydrogen) atoms. The van der Waals surface area contributed by atoms with Gasteiger partial charge in [0.1, 0.15) is 0 Å². The van der Waals surface area contributed by atoms with Crippen LogP contribution in [0.25, 0.3) is 173 Å². The average Bonchev–Trinajstić information content (AvgIpc) is 0.806. The predicted molar refractivity (Wildman–Crippen MR) is 558 cm³/mol. The summed E-state index contributed by atoms with van der Waals surface area (Å²) in [5, 5.41) is 18.4. The third-order valence-electron chi connectivity index (χ3n) is 22.7. The van der Waals surface area contributed by atoms with Crippen LogP contribution < -0.4 is 22.2 Å². The molecule has 0 radical (unpaired) electrons. The lowest BCUT2D eigenvalue weighted by Crippen LogP contribution is -2.20. The number of benzene rings is 14. The summed E-state index contributed by atoms with van der Waals surface area (Å²) in [5.41, 5.74) is 1.28. The summed E-state index contributed by atoms with van der Waals surface area (Å²) in [4.78, 5) is 62.3. The summed E-state index contributed by atoms with van der Waals surface area (Å²) in [6.07, 6.45) is 5.89. The van der Waals surface area contributed by atoms with Gasteiger partial charge >= 0.3 is 0 Å². The van der Waals surface area contributed by atoms with Gasteiger partial charge in [-0.25, -0.2) is 0 Å². The second-order valence-corrected chi connectivity index (χ2v) is 33.1. The first-order valence-electron chi connectivity index (χ1n) is 45.8. The highest BCUT2D eigenvalue weighted by molar-refractivity contribution is 5.82. The van der Waals surface area contributed by atoms with Crippen molar-refractivity contribution in [3.8, 4) is 0 Å². The molecule has 8 nitrogen and oxygen atoms in total. The van der Waals surface area contributed by atoms with Crippen LogP contribution in [0.1, 0.15) is 79.1 Å². The number of aryl methyl sites for hydroxylation is 4. The van der Waals surface area contributed by atoms with Gasteiger partial charge in [-0.15, -0.1) is 0 Å². The Labute approximate surface area is 793 Å². The standard InChI is InChI=1S/C128H88N4O4/c1-5-9-69-129-121-85-109-53-45-101-29-15-25-97(75-101)41-37-93-21-13-22-94(73-93)38-42-99-27-17-31-103(77-99)47-55-111-83-115(58-50-106-34-19-33-105(79-106)49-57-113(81-109)89-121)91-123(87-111)131(71-11-7-3)127(135)119-65-67-120(68-66-119)128(136)132(72-12-8-4)124-88-112-56-48-104-32-18-28-100(78-104)44-40-96-24-14-23-95(74-96)39-43-98-26-16-30-102(76-98)46-54-110-82-114(59-51-107-35-20-36-108(80-107)52-60-116(84-112)92-124)90-122(86-110)130(70-10-6-2)126(134)118-63-61-117(62-64-118)125(129)133/h13-36,61-68,73-92H,5-12,69-72H2,1-4H3. The zero-order valence-corrected chi connectivity index (χ0v) is 75.9. The first kappa shape index (κ1) is 89.7. The van der Waals surface area contributed by atoms with E-state index in [1.165, 1.54) is 0 Å². The molecular formula is C128H88N4O4. The molecule has 4 aromatic heterocycles. The molecule has 4 heterocycles. The fourth-order valence-electron chi connectivity index (χ4n) is 15.6. The van der Waals surface area contributed by atoms with Gasteiger partial charge in [-0.05, 0) is 293 Å². The number of hydrogen-bond donors (Lipinski definition) is 0. The molecule has 16 aromatic carbocycles. The van der Waals surface area contributed by atoms with E-state index in [-0.39, 0.29) is 22.2 Å². The van der Waals surface area contributed by atoms with E-state index in [0.29, 0.717) is 160 Å². The van der Waals surface area contributed by atoms with Gasteiger partial charge in [0.2, 0.25) is 0 Å². The molecule has 8 heteroatoms. The summed E-state index contributed by atoms with van der Waals surface area (Å²) in [6, 6.07) is 181. The topological polar surface area (TPSA) is 88.0 Å². The number of nitrogens with zero attached hydrogens (tertiary/aromatic N) is 4. The Kier molecular flexibility index (Phi) is 28.6. The van der Waals surface area contributed by atoms with Crippen LogP contribution in [0.5, 0.6) is 0 Å². The average molecular weight is 1750 g/mol. The highest BCUT2D eigenvalue weighted by atomic mass is 16.1. The SMILES string of the molecule is CCCCn1c(=O)c2ccc(cc2)c(=O)n(CCCC)c2cc3c#cc4cccc(c#cc5cccc(c#cc6cccc(c#cc7cc(c#cc8cccc(c#cc(c3)c2)c8)cc(c7)n(CCCC)c(=O)c2ccc(cc2)c(=O)n(CCCC)c2cc3c#cc7cccc(c#cc8cccc(c#cc9cccc(c#cc%10cc(c#cc%11cccc(c#cc(c3)c2)c%11)cc1c%10)c9)c8)c7)c6)c5)c4. The van der Waals surface area contributed by atoms with Crippen molar-refractivity contribution in [2.24, 2.45) is 0 Å². The largest absolute Gasteiger partial charge is 0.308 e. The van der Waals surface area contributed by atoms with E-state index in [4.69, 9.17) is 0 Å². The van der Waals surface area contributed by atoms with Gasteiger partial charge in [0.15, 0.2) is 0 Å². The second kappa shape index (κ2) is 43.4. The number of fused-ring (bicyclic) bond motifs is 16. The zero-order valence-electron chi connectivity index (χ0n) is 75.9. The van der Waals surface area contributed by atoms with Crippen LogP contribution in [0, 0.1) is 146 Å². The van der Waals surface area contributed by atoms with Crippen LogP contribution in [0.15, 0.2) is 335 Å². The van der Waals surface area contributed by atoms with Crippen LogP contribution in [0.2, 0.25) is 0 Å². The monoisotopic (exact) mass is 1740 g/mol. The molecule has 0 N–H and O–H groups in total. The van der Waals surface area contributed by atoms with Crippen molar-refractivity contribution >= 4 is 173 Å². The van der Waals surface area contributed by atoms with E-state index in [2.05, 4.69) is 173 Å². The Balaban J connectivity index is 0.972. The highest BCUT2D eigenvalue weighted by Crippen LogP contribution is 2.21. The Morgan fingerprint density at radius 1 is 0.154 bits per heavy atom. The Hall–Kier alpha value is -18.3. The van der Waals surface area contributed by atoms with Gasteiger partial charge in [0, 0.05) is 199 Å². The number of rotatable bonds is 12. The van der Waals surface area contributed by atoms with Crippen LogP contribution in [0.4, 0.5) is 0 Å². The smallest absolute Gasteiger partial charge is 0.258 e. The summed E-state index contributed by atoms with van der Waals surface area (Å²) < 4.78 is 7.10. The van der Waals surface area contributed by atoms with Crippen molar-refractivity contribution in [2.45, 2.75) is 105 Å². The van der Waals surface area contributed by atoms with Crippen LogP contribution in [-0.2, 0) is 26.2 Å². The lowest BCUT2D eigenvalue weighted by atomic mass is 10.1. The van der Waals surface area contributed by atoms with Crippen LogP contribution in [0.3, 0.4) is 0 Å². The van der Waals surface area contributed by atoms with E-state index in [1.54, 1.807) is 66.8 Å².